The molecule has 7 heteroatoms. The number of carbonyl (C=O) groups excluding carboxylic acids is 1. The van der Waals surface area contributed by atoms with Crippen LogP contribution in [-0.2, 0) is 16.6 Å². The van der Waals surface area contributed by atoms with Gasteiger partial charge in [-0.2, -0.15) is 11.3 Å². The Hall–Kier alpha value is -3.42. The molecule has 0 spiro atoms. The molecule has 1 amide bonds. The van der Waals surface area contributed by atoms with Gasteiger partial charge in [0.15, 0.2) is 0 Å². The molecule has 3 aromatic carbocycles. The van der Waals surface area contributed by atoms with E-state index in [2.05, 4.69) is 21.5 Å². The number of sulfonamides is 1. The van der Waals surface area contributed by atoms with E-state index in [1.165, 1.54) is 0 Å². The molecule has 2 N–H and O–H groups in total. The number of rotatable bonds is 7. The predicted octanol–water partition coefficient (Wildman–Crippen LogP) is 5.45. The fraction of sp³-hybridized carbons (Fsp3) is 0.0800. The fourth-order valence-corrected chi connectivity index (χ4v) is 5.16. The number of benzene rings is 3. The van der Waals surface area contributed by atoms with Crippen molar-refractivity contribution in [3.63, 3.8) is 0 Å². The number of hydrogen-bond donors (Lipinski definition) is 2. The molecular formula is C25H22N2O3S2. The van der Waals surface area contributed by atoms with Gasteiger partial charge in [0.25, 0.3) is 15.9 Å². The molecule has 0 aliphatic rings. The average molecular weight is 463 g/mol. The van der Waals surface area contributed by atoms with Crippen LogP contribution >= 0.6 is 11.3 Å². The normalized spacial score (nSPS) is 11.2. The summed E-state index contributed by atoms with van der Waals surface area (Å²) in [5, 5.41) is 7.05. The second-order valence-electron chi connectivity index (χ2n) is 7.35. The van der Waals surface area contributed by atoms with Crippen LogP contribution in [-0.4, -0.2) is 14.3 Å². The topological polar surface area (TPSA) is 75.3 Å². The molecule has 162 valence electrons. The third-order valence-electron chi connectivity index (χ3n) is 4.99. The number of amides is 1. The van der Waals surface area contributed by atoms with Gasteiger partial charge in [0.2, 0.25) is 0 Å². The van der Waals surface area contributed by atoms with Gasteiger partial charge in [-0.15, -0.1) is 0 Å². The van der Waals surface area contributed by atoms with Gasteiger partial charge < -0.3 is 5.32 Å². The van der Waals surface area contributed by atoms with Crippen molar-refractivity contribution < 1.29 is 13.2 Å². The first-order valence-corrected chi connectivity index (χ1v) is 12.4. The van der Waals surface area contributed by atoms with Crippen molar-refractivity contribution >= 4 is 33.0 Å². The molecule has 0 radical (unpaired) electrons. The van der Waals surface area contributed by atoms with Gasteiger partial charge in [0, 0.05) is 17.8 Å². The summed E-state index contributed by atoms with van der Waals surface area (Å²) in [6.45, 7) is 2.23. The summed E-state index contributed by atoms with van der Waals surface area (Å²) in [6.07, 6.45) is 0. The maximum atomic E-state index is 12.6. The van der Waals surface area contributed by atoms with Crippen LogP contribution in [0.2, 0.25) is 0 Å². The molecular weight excluding hydrogens is 440 g/mol. The molecule has 5 nitrogen and oxygen atoms in total. The lowest BCUT2D eigenvalue weighted by Crippen LogP contribution is -2.23. The Morgan fingerprint density at radius 1 is 0.938 bits per heavy atom. The second kappa shape index (κ2) is 9.38. The summed E-state index contributed by atoms with van der Waals surface area (Å²) < 4.78 is 27.7. The Morgan fingerprint density at radius 3 is 2.44 bits per heavy atom. The third kappa shape index (κ3) is 5.07. The molecule has 0 fully saturated rings. The zero-order chi connectivity index (χ0) is 22.6. The van der Waals surface area contributed by atoms with Crippen LogP contribution in [0.4, 0.5) is 5.69 Å². The first-order valence-electron chi connectivity index (χ1n) is 10.0. The minimum Gasteiger partial charge on any atom is -0.348 e. The number of hydrogen-bond acceptors (Lipinski definition) is 4. The molecule has 0 atom stereocenters. The van der Waals surface area contributed by atoms with Gasteiger partial charge in [-0.1, -0.05) is 36.4 Å². The third-order valence-corrected chi connectivity index (χ3v) is 7.05. The van der Waals surface area contributed by atoms with Crippen molar-refractivity contribution in [3.8, 4) is 11.1 Å². The standard InChI is InChI=1S/C25H22N2O3S2/c1-18-5-4-7-23(15-18)32(29,30)27-22-11-9-19(10-12-22)25(28)26-16-20-6-2-3-8-24(20)21-13-14-31-17-21/h2-15,17,27H,16H2,1H3,(H,26,28). The van der Waals surface area contributed by atoms with E-state index in [-0.39, 0.29) is 10.8 Å². The maximum Gasteiger partial charge on any atom is 0.261 e. The summed E-state index contributed by atoms with van der Waals surface area (Å²) >= 11 is 1.63. The number of aryl methyl sites for hydroxylation is 1. The molecule has 0 saturated heterocycles. The Morgan fingerprint density at radius 2 is 1.72 bits per heavy atom. The van der Waals surface area contributed by atoms with Crippen molar-refractivity contribution in [3.05, 3.63) is 106 Å². The first kappa shape index (κ1) is 21.8. The zero-order valence-corrected chi connectivity index (χ0v) is 19.0. The molecule has 0 bridgehead atoms. The second-order valence-corrected chi connectivity index (χ2v) is 9.81. The Kier molecular flexibility index (Phi) is 6.39. The smallest absolute Gasteiger partial charge is 0.261 e. The molecule has 1 aromatic heterocycles. The lowest BCUT2D eigenvalue weighted by molar-refractivity contribution is 0.0951. The molecule has 1 heterocycles. The van der Waals surface area contributed by atoms with Crippen molar-refractivity contribution in [2.75, 3.05) is 4.72 Å². The molecule has 0 unspecified atom stereocenters. The summed E-state index contributed by atoms with van der Waals surface area (Å²) in [6, 6.07) is 23.1. The van der Waals surface area contributed by atoms with Gasteiger partial charge in [-0.05, 0) is 82.4 Å². The van der Waals surface area contributed by atoms with Crippen molar-refractivity contribution in [2.45, 2.75) is 18.4 Å². The van der Waals surface area contributed by atoms with E-state index in [0.717, 1.165) is 22.3 Å². The van der Waals surface area contributed by atoms with Crippen LogP contribution in [0, 0.1) is 6.92 Å². The summed E-state index contributed by atoms with van der Waals surface area (Å²) in [5.74, 6) is -0.224. The van der Waals surface area contributed by atoms with E-state index in [1.54, 1.807) is 53.8 Å². The van der Waals surface area contributed by atoms with E-state index in [1.807, 2.05) is 42.6 Å². The van der Waals surface area contributed by atoms with Crippen LogP contribution in [0.3, 0.4) is 0 Å². The van der Waals surface area contributed by atoms with E-state index in [0.29, 0.717) is 17.8 Å². The highest BCUT2D eigenvalue weighted by atomic mass is 32.2. The van der Waals surface area contributed by atoms with Crippen LogP contribution in [0.5, 0.6) is 0 Å². The number of anilines is 1. The van der Waals surface area contributed by atoms with E-state index in [4.69, 9.17) is 0 Å². The quantitative estimate of drug-likeness (QED) is 0.383. The predicted molar refractivity (Wildman–Crippen MR) is 129 cm³/mol. The summed E-state index contributed by atoms with van der Waals surface area (Å²) in [5.41, 5.74) is 4.96. The van der Waals surface area contributed by atoms with Crippen LogP contribution in [0.25, 0.3) is 11.1 Å². The Labute approximate surface area is 191 Å². The molecule has 4 aromatic rings. The first-order chi connectivity index (χ1) is 15.4. The van der Waals surface area contributed by atoms with E-state index in [9.17, 15) is 13.2 Å². The zero-order valence-electron chi connectivity index (χ0n) is 17.4. The maximum absolute atomic E-state index is 12.6. The SMILES string of the molecule is Cc1cccc(S(=O)(=O)Nc2ccc(C(=O)NCc3ccccc3-c3ccsc3)cc2)c1. The number of thiophene rings is 1. The molecule has 0 saturated carbocycles. The van der Waals surface area contributed by atoms with Gasteiger partial charge in [0.1, 0.15) is 0 Å². The van der Waals surface area contributed by atoms with Gasteiger partial charge in [-0.3, -0.25) is 9.52 Å². The van der Waals surface area contributed by atoms with Gasteiger partial charge in [-0.25, -0.2) is 8.42 Å². The Balaban J connectivity index is 1.42. The molecule has 0 aliphatic heterocycles. The van der Waals surface area contributed by atoms with Crippen LogP contribution in [0.1, 0.15) is 21.5 Å². The summed E-state index contributed by atoms with van der Waals surface area (Å²) in [7, 11) is -3.69. The molecule has 4 rings (SSSR count). The van der Waals surface area contributed by atoms with Crippen LogP contribution < -0.4 is 10.0 Å². The molecule has 32 heavy (non-hydrogen) atoms. The minimum atomic E-state index is -3.69. The fourth-order valence-electron chi connectivity index (χ4n) is 3.34. The number of nitrogens with one attached hydrogen (secondary N) is 2. The highest BCUT2D eigenvalue weighted by Gasteiger charge is 2.15. The monoisotopic (exact) mass is 462 g/mol. The largest absolute Gasteiger partial charge is 0.348 e. The van der Waals surface area contributed by atoms with Crippen molar-refractivity contribution in [1.29, 1.82) is 0 Å². The van der Waals surface area contributed by atoms with Gasteiger partial charge in [0.05, 0.1) is 4.90 Å². The highest BCUT2D eigenvalue weighted by Crippen LogP contribution is 2.26. The molecule has 0 aliphatic carbocycles. The number of carbonyl (C=O) groups is 1. The average Bonchev–Trinajstić information content (AvgIpc) is 3.33. The minimum absolute atomic E-state index is 0.198. The lowest BCUT2D eigenvalue weighted by Gasteiger charge is -2.11. The van der Waals surface area contributed by atoms with Gasteiger partial charge >= 0.3 is 0 Å². The van der Waals surface area contributed by atoms with E-state index >= 15 is 0 Å². The highest BCUT2D eigenvalue weighted by molar-refractivity contribution is 7.92. The lowest BCUT2D eigenvalue weighted by atomic mass is 10.0. The van der Waals surface area contributed by atoms with Crippen LogP contribution in [0.15, 0.2) is 94.5 Å². The van der Waals surface area contributed by atoms with Crippen molar-refractivity contribution in [1.82, 2.24) is 5.32 Å². The summed E-state index contributed by atoms with van der Waals surface area (Å²) in [4.78, 5) is 12.8. The van der Waals surface area contributed by atoms with Crippen molar-refractivity contribution in [2.24, 2.45) is 0 Å². The van der Waals surface area contributed by atoms with E-state index < -0.39 is 10.0 Å². The Bertz CT molecular complexity index is 1330.